The second kappa shape index (κ2) is 7.01. The van der Waals surface area contributed by atoms with Gasteiger partial charge in [0.05, 0.1) is 5.56 Å². The van der Waals surface area contributed by atoms with Crippen LogP contribution in [0.4, 0.5) is 18.9 Å². The van der Waals surface area contributed by atoms with Crippen LogP contribution in [0.2, 0.25) is 0 Å². The fourth-order valence-electron chi connectivity index (χ4n) is 3.36. The Morgan fingerprint density at radius 3 is 2.58 bits per heavy atom. The molecule has 2 fully saturated rings. The minimum Gasteiger partial charge on any atom is -0.368 e. The van der Waals surface area contributed by atoms with E-state index >= 15 is 0 Å². The number of hydrogen-bond donors (Lipinski definition) is 1. The molecule has 1 unspecified atom stereocenters. The summed E-state index contributed by atoms with van der Waals surface area (Å²) in [6.07, 6.45) is -1.66. The highest BCUT2D eigenvalue weighted by Gasteiger charge is 2.31. The van der Waals surface area contributed by atoms with Gasteiger partial charge >= 0.3 is 6.18 Å². The average molecular weight is 341 g/mol. The number of amides is 1. The first-order valence-electron chi connectivity index (χ1n) is 8.37. The van der Waals surface area contributed by atoms with Gasteiger partial charge in [-0.1, -0.05) is 6.07 Å². The molecule has 2 aliphatic rings. The van der Waals surface area contributed by atoms with Crippen molar-refractivity contribution in [3.05, 3.63) is 29.8 Å². The smallest absolute Gasteiger partial charge is 0.368 e. The topological polar surface area (TPSA) is 35.6 Å². The van der Waals surface area contributed by atoms with Gasteiger partial charge in [0.25, 0.3) is 0 Å². The lowest BCUT2D eigenvalue weighted by Crippen LogP contribution is -2.49. The number of carbonyl (C=O) groups is 1. The Morgan fingerprint density at radius 1 is 1.21 bits per heavy atom. The van der Waals surface area contributed by atoms with Gasteiger partial charge in [-0.05, 0) is 37.6 Å². The van der Waals surface area contributed by atoms with Crippen molar-refractivity contribution < 1.29 is 18.0 Å². The van der Waals surface area contributed by atoms with Gasteiger partial charge in [-0.3, -0.25) is 4.79 Å². The molecular weight excluding hydrogens is 319 g/mol. The van der Waals surface area contributed by atoms with Gasteiger partial charge in [-0.25, -0.2) is 0 Å². The number of benzene rings is 1. The first-order valence-corrected chi connectivity index (χ1v) is 8.37. The number of anilines is 1. The maximum atomic E-state index is 12.8. The Kier molecular flexibility index (Phi) is 4.99. The minimum atomic E-state index is -4.33. The predicted octanol–water partition coefficient (Wildman–Crippen LogP) is 2.50. The monoisotopic (exact) mass is 341 g/mol. The summed E-state index contributed by atoms with van der Waals surface area (Å²) in [6, 6.07) is 5.66. The highest BCUT2D eigenvalue weighted by atomic mass is 19.4. The van der Waals surface area contributed by atoms with Crippen LogP contribution in [0.3, 0.4) is 0 Å². The van der Waals surface area contributed by atoms with Gasteiger partial charge in [0.1, 0.15) is 0 Å². The fraction of sp³-hybridized carbons (Fsp3) is 0.588. The number of halogens is 3. The highest BCUT2D eigenvalue weighted by molar-refractivity contribution is 5.77. The van der Waals surface area contributed by atoms with E-state index in [1.54, 1.807) is 6.07 Å². The molecule has 1 aromatic rings. The number of nitrogens with one attached hydrogen (secondary N) is 1. The Hall–Kier alpha value is -1.76. The molecule has 0 radical (unpaired) electrons. The zero-order valence-electron chi connectivity index (χ0n) is 13.5. The number of nitrogens with zero attached hydrogens (tertiary/aromatic N) is 2. The van der Waals surface area contributed by atoms with Crippen LogP contribution in [0, 0.1) is 0 Å². The molecule has 0 aliphatic carbocycles. The number of piperazine rings is 1. The molecule has 0 spiro atoms. The van der Waals surface area contributed by atoms with Crippen molar-refractivity contribution in [2.75, 3.05) is 37.6 Å². The molecule has 1 amide bonds. The first-order chi connectivity index (χ1) is 11.4. The number of alkyl halides is 3. The third-order valence-corrected chi connectivity index (χ3v) is 4.75. The van der Waals surface area contributed by atoms with Crippen molar-refractivity contribution in [3.8, 4) is 0 Å². The normalized spacial score (nSPS) is 22.0. The summed E-state index contributed by atoms with van der Waals surface area (Å²) >= 11 is 0. The summed E-state index contributed by atoms with van der Waals surface area (Å²) in [6.45, 7) is 3.21. The van der Waals surface area contributed by atoms with Crippen LogP contribution >= 0.6 is 0 Å². The second-order valence-electron chi connectivity index (χ2n) is 6.41. The Labute approximate surface area is 139 Å². The van der Waals surface area contributed by atoms with E-state index in [2.05, 4.69) is 5.32 Å². The molecule has 0 saturated carbocycles. The van der Waals surface area contributed by atoms with E-state index in [9.17, 15) is 18.0 Å². The van der Waals surface area contributed by atoms with Crippen molar-refractivity contribution in [2.24, 2.45) is 0 Å². The Bertz CT molecular complexity index is 577. The third-order valence-electron chi connectivity index (χ3n) is 4.75. The fourth-order valence-corrected chi connectivity index (χ4v) is 3.36. The Morgan fingerprint density at radius 2 is 1.96 bits per heavy atom. The molecule has 4 nitrogen and oxygen atoms in total. The van der Waals surface area contributed by atoms with Crippen molar-refractivity contribution in [3.63, 3.8) is 0 Å². The number of hydrogen-bond acceptors (Lipinski definition) is 3. The minimum absolute atomic E-state index is 0.137. The molecule has 1 N–H and O–H groups in total. The molecule has 2 saturated heterocycles. The van der Waals surface area contributed by atoms with E-state index in [1.807, 2.05) is 9.80 Å². The van der Waals surface area contributed by atoms with Gasteiger partial charge in [0.15, 0.2) is 0 Å². The lowest BCUT2D eigenvalue weighted by atomic mass is 10.1. The molecule has 2 aliphatic heterocycles. The summed E-state index contributed by atoms with van der Waals surface area (Å²) in [7, 11) is 0. The lowest BCUT2D eigenvalue weighted by Gasteiger charge is -2.36. The van der Waals surface area contributed by atoms with E-state index in [0.29, 0.717) is 38.3 Å². The molecule has 3 rings (SSSR count). The highest BCUT2D eigenvalue weighted by Crippen LogP contribution is 2.31. The largest absolute Gasteiger partial charge is 0.416 e. The standard InChI is InChI=1S/C17H22F3N3O/c18-17(19,20)13-3-1-5-15(11-13)22-7-9-23(10-8-22)16(24)12-14-4-2-6-21-14/h1,3,5,11,14,21H,2,4,6-10,12H2. The molecule has 1 aromatic carbocycles. The molecular formula is C17H22F3N3O. The molecule has 2 heterocycles. The molecule has 0 aromatic heterocycles. The van der Waals surface area contributed by atoms with Crippen LogP contribution in [-0.2, 0) is 11.0 Å². The average Bonchev–Trinajstić information content (AvgIpc) is 3.07. The van der Waals surface area contributed by atoms with Crippen molar-refractivity contribution in [2.45, 2.75) is 31.5 Å². The third kappa shape index (κ3) is 4.01. The van der Waals surface area contributed by atoms with Crippen molar-refractivity contribution >= 4 is 11.6 Å². The van der Waals surface area contributed by atoms with Crippen LogP contribution in [0.25, 0.3) is 0 Å². The number of rotatable bonds is 3. The van der Waals surface area contributed by atoms with Gasteiger partial charge in [0, 0.05) is 44.3 Å². The molecule has 7 heteroatoms. The van der Waals surface area contributed by atoms with Crippen LogP contribution in [0.5, 0.6) is 0 Å². The van der Waals surface area contributed by atoms with Gasteiger partial charge in [0.2, 0.25) is 5.91 Å². The molecule has 132 valence electrons. The van der Waals surface area contributed by atoms with Crippen LogP contribution in [0.1, 0.15) is 24.8 Å². The Balaban J connectivity index is 1.56. The van der Waals surface area contributed by atoms with E-state index in [4.69, 9.17) is 0 Å². The van der Waals surface area contributed by atoms with Crippen LogP contribution in [0.15, 0.2) is 24.3 Å². The van der Waals surface area contributed by atoms with Gasteiger partial charge in [-0.2, -0.15) is 13.2 Å². The molecule has 1 atom stereocenters. The van der Waals surface area contributed by atoms with Crippen LogP contribution in [-0.4, -0.2) is 49.6 Å². The molecule has 24 heavy (non-hydrogen) atoms. The quantitative estimate of drug-likeness (QED) is 0.918. The SMILES string of the molecule is O=C(CC1CCCN1)N1CCN(c2cccc(C(F)(F)F)c2)CC1. The second-order valence-corrected chi connectivity index (χ2v) is 6.41. The maximum Gasteiger partial charge on any atom is 0.416 e. The zero-order valence-corrected chi connectivity index (χ0v) is 13.5. The van der Waals surface area contributed by atoms with E-state index in [-0.39, 0.29) is 11.9 Å². The summed E-state index contributed by atoms with van der Waals surface area (Å²) in [5, 5.41) is 3.32. The summed E-state index contributed by atoms with van der Waals surface area (Å²) in [5.41, 5.74) is -0.0693. The zero-order chi connectivity index (χ0) is 17.2. The van der Waals surface area contributed by atoms with Crippen molar-refractivity contribution in [1.29, 1.82) is 0 Å². The summed E-state index contributed by atoms with van der Waals surface area (Å²) in [4.78, 5) is 16.0. The van der Waals surface area contributed by atoms with Gasteiger partial charge < -0.3 is 15.1 Å². The maximum absolute atomic E-state index is 12.8. The lowest BCUT2D eigenvalue weighted by molar-refractivity contribution is -0.137. The molecule has 0 bridgehead atoms. The summed E-state index contributed by atoms with van der Waals surface area (Å²) in [5.74, 6) is 0.137. The van der Waals surface area contributed by atoms with Crippen molar-refractivity contribution in [1.82, 2.24) is 10.2 Å². The van der Waals surface area contributed by atoms with E-state index in [0.717, 1.165) is 25.5 Å². The van der Waals surface area contributed by atoms with E-state index < -0.39 is 11.7 Å². The predicted molar refractivity (Wildman–Crippen MR) is 85.9 cm³/mol. The number of carbonyl (C=O) groups excluding carboxylic acids is 1. The van der Waals surface area contributed by atoms with E-state index in [1.165, 1.54) is 12.1 Å². The van der Waals surface area contributed by atoms with Crippen LogP contribution < -0.4 is 10.2 Å². The van der Waals surface area contributed by atoms with Gasteiger partial charge in [-0.15, -0.1) is 0 Å². The summed E-state index contributed by atoms with van der Waals surface area (Å²) < 4.78 is 38.5. The first kappa shape index (κ1) is 17.1.